The van der Waals surface area contributed by atoms with Crippen LogP contribution in [-0.2, 0) is 4.79 Å². The Balaban J connectivity index is 2.61. The fraction of sp³-hybridized carbons (Fsp3) is 0.273. The molecule has 1 atom stereocenters. The number of aliphatic carboxylic acids is 1. The lowest BCUT2D eigenvalue weighted by molar-refractivity contribution is -0.138. The van der Waals surface area contributed by atoms with Crippen LogP contribution in [0.25, 0.3) is 10.9 Å². The van der Waals surface area contributed by atoms with Crippen LogP contribution >= 0.6 is 0 Å². The minimum atomic E-state index is -0.944. The summed E-state index contributed by atoms with van der Waals surface area (Å²) in [6.07, 6.45) is 0. The second-order valence-corrected chi connectivity index (χ2v) is 3.46. The van der Waals surface area contributed by atoms with Crippen molar-refractivity contribution in [3.63, 3.8) is 0 Å². The molecule has 0 amide bonds. The minimum absolute atomic E-state index is 0.349. The van der Waals surface area contributed by atoms with E-state index in [4.69, 9.17) is 14.4 Å². The maximum atomic E-state index is 10.9. The highest BCUT2D eigenvalue weighted by molar-refractivity contribution is 5.89. The Morgan fingerprint density at radius 1 is 1.56 bits per heavy atom. The van der Waals surface area contributed by atoms with Crippen molar-refractivity contribution in [2.75, 3.05) is 7.11 Å². The zero-order chi connectivity index (χ0) is 11.7. The summed E-state index contributed by atoms with van der Waals surface area (Å²) in [5, 5.41) is 13.4. The fourth-order valence-corrected chi connectivity index (χ4v) is 1.55. The molecule has 0 bridgehead atoms. The quantitative estimate of drug-likeness (QED) is 0.858. The molecule has 1 aromatic carbocycles. The summed E-state index contributed by atoms with van der Waals surface area (Å²) in [6, 6.07) is 5.29. The Kier molecular flexibility index (Phi) is 2.52. The first-order valence-corrected chi connectivity index (χ1v) is 4.80. The number of carboxylic acid groups (broad SMARTS) is 1. The summed E-state index contributed by atoms with van der Waals surface area (Å²) in [7, 11) is 1.53. The summed E-state index contributed by atoms with van der Waals surface area (Å²) in [5.74, 6) is -0.746. The first kappa shape index (κ1) is 10.5. The third-order valence-corrected chi connectivity index (χ3v) is 2.48. The normalized spacial score (nSPS) is 12.6. The smallest absolute Gasteiger partial charge is 0.314 e. The summed E-state index contributed by atoms with van der Waals surface area (Å²) < 4.78 is 10.2. The molecule has 0 saturated carbocycles. The summed E-state index contributed by atoms with van der Waals surface area (Å²) in [5.41, 5.74) is 0.549. The van der Waals surface area contributed by atoms with E-state index in [1.54, 1.807) is 25.1 Å². The van der Waals surface area contributed by atoms with Crippen LogP contribution in [0, 0.1) is 0 Å². The first-order valence-electron chi connectivity index (χ1n) is 4.80. The van der Waals surface area contributed by atoms with Crippen LogP contribution in [0.2, 0.25) is 0 Å². The molecule has 5 nitrogen and oxygen atoms in total. The summed E-state index contributed by atoms with van der Waals surface area (Å²) in [4.78, 5) is 10.9. The van der Waals surface area contributed by atoms with Gasteiger partial charge >= 0.3 is 5.97 Å². The Bertz CT molecular complexity index is 532. The van der Waals surface area contributed by atoms with Crippen molar-refractivity contribution in [1.29, 1.82) is 0 Å². The van der Waals surface area contributed by atoms with Crippen molar-refractivity contribution >= 4 is 16.9 Å². The van der Waals surface area contributed by atoms with Gasteiger partial charge in [0.2, 0.25) is 0 Å². The second kappa shape index (κ2) is 3.84. The van der Waals surface area contributed by atoms with Gasteiger partial charge < -0.3 is 14.4 Å². The molecule has 0 fully saturated rings. The number of rotatable bonds is 3. The highest BCUT2D eigenvalue weighted by atomic mass is 16.5. The SMILES string of the molecule is COc1cccc2c(C(C)C(=O)O)onc12. The lowest BCUT2D eigenvalue weighted by Crippen LogP contribution is -2.06. The van der Waals surface area contributed by atoms with E-state index in [1.165, 1.54) is 7.11 Å². The van der Waals surface area contributed by atoms with Crippen molar-refractivity contribution in [2.24, 2.45) is 0 Å². The minimum Gasteiger partial charge on any atom is -0.494 e. The molecule has 2 aromatic rings. The monoisotopic (exact) mass is 221 g/mol. The average Bonchev–Trinajstić information content (AvgIpc) is 2.71. The van der Waals surface area contributed by atoms with E-state index in [-0.39, 0.29) is 0 Å². The van der Waals surface area contributed by atoms with Crippen LogP contribution in [0.1, 0.15) is 18.6 Å². The van der Waals surface area contributed by atoms with E-state index in [2.05, 4.69) is 5.16 Å². The molecule has 0 radical (unpaired) electrons. The van der Waals surface area contributed by atoms with Gasteiger partial charge in [-0.05, 0) is 19.1 Å². The van der Waals surface area contributed by atoms with Crippen LogP contribution in [0.3, 0.4) is 0 Å². The summed E-state index contributed by atoms with van der Waals surface area (Å²) >= 11 is 0. The van der Waals surface area contributed by atoms with Crippen LogP contribution in [0.15, 0.2) is 22.7 Å². The fourth-order valence-electron chi connectivity index (χ4n) is 1.55. The van der Waals surface area contributed by atoms with Gasteiger partial charge in [0.1, 0.15) is 11.7 Å². The number of carbonyl (C=O) groups is 1. The van der Waals surface area contributed by atoms with E-state index >= 15 is 0 Å². The Labute approximate surface area is 91.6 Å². The second-order valence-electron chi connectivity index (χ2n) is 3.46. The number of ether oxygens (including phenoxy) is 1. The van der Waals surface area contributed by atoms with Crippen molar-refractivity contribution in [3.8, 4) is 5.75 Å². The molecule has 84 valence electrons. The Morgan fingerprint density at radius 2 is 2.31 bits per heavy atom. The molecule has 0 spiro atoms. The Hall–Kier alpha value is -2.04. The van der Waals surface area contributed by atoms with Crippen molar-refractivity contribution < 1.29 is 19.2 Å². The van der Waals surface area contributed by atoms with Gasteiger partial charge in [-0.3, -0.25) is 4.79 Å². The average molecular weight is 221 g/mol. The number of aromatic nitrogens is 1. The first-order chi connectivity index (χ1) is 7.65. The number of nitrogens with zero attached hydrogens (tertiary/aromatic N) is 1. The van der Waals surface area contributed by atoms with Gasteiger partial charge in [-0.1, -0.05) is 11.2 Å². The van der Waals surface area contributed by atoms with Crippen LogP contribution < -0.4 is 4.74 Å². The Morgan fingerprint density at radius 3 is 2.94 bits per heavy atom. The number of hydrogen-bond acceptors (Lipinski definition) is 4. The zero-order valence-electron chi connectivity index (χ0n) is 8.93. The third-order valence-electron chi connectivity index (χ3n) is 2.48. The largest absolute Gasteiger partial charge is 0.494 e. The molecule has 1 N–H and O–H groups in total. The maximum Gasteiger partial charge on any atom is 0.314 e. The topological polar surface area (TPSA) is 72.6 Å². The van der Waals surface area contributed by atoms with Crippen LogP contribution in [-0.4, -0.2) is 23.3 Å². The molecule has 0 aliphatic carbocycles. The molecule has 16 heavy (non-hydrogen) atoms. The van der Waals surface area contributed by atoms with Crippen molar-refractivity contribution in [3.05, 3.63) is 24.0 Å². The summed E-state index contributed by atoms with van der Waals surface area (Å²) in [6.45, 7) is 1.56. The van der Waals surface area contributed by atoms with Gasteiger partial charge in [0, 0.05) is 5.39 Å². The van der Waals surface area contributed by atoms with Gasteiger partial charge in [-0.15, -0.1) is 0 Å². The number of carboxylic acids is 1. The molecule has 2 rings (SSSR count). The molecule has 0 aliphatic heterocycles. The molecule has 0 aliphatic rings. The lowest BCUT2D eigenvalue weighted by atomic mass is 10.1. The number of fused-ring (bicyclic) bond motifs is 1. The number of methoxy groups -OCH3 is 1. The predicted octanol–water partition coefficient (Wildman–Crippen LogP) is 2.02. The highest BCUT2D eigenvalue weighted by Gasteiger charge is 2.22. The van der Waals surface area contributed by atoms with Gasteiger partial charge in [-0.25, -0.2) is 0 Å². The molecular weight excluding hydrogens is 210 g/mol. The zero-order valence-corrected chi connectivity index (χ0v) is 8.93. The molecule has 1 heterocycles. The maximum absolute atomic E-state index is 10.9. The highest BCUT2D eigenvalue weighted by Crippen LogP contribution is 2.30. The molecule has 5 heteroatoms. The predicted molar refractivity (Wildman–Crippen MR) is 56.6 cm³/mol. The molecular formula is C11H11NO4. The van der Waals surface area contributed by atoms with Gasteiger partial charge in [0.05, 0.1) is 7.11 Å². The van der Waals surface area contributed by atoms with E-state index in [1.807, 2.05) is 0 Å². The standard InChI is InChI=1S/C11H11NO4/c1-6(11(13)14)10-7-4-3-5-8(15-2)9(7)12-16-10/h3-6H,1-2H3,(H,13,14). The van der Waals surface area contributed by atoms with Crippen molar-refractivity contribution in [1.82, 2.24) is 5.16 Å². The molecule has 0 saturated heterocycles. The lowest BCUT2D eigenvalue weighted by Gasteiger charge is -2.01. The van der Waals surface area contributed by atoms with Crippen LogP contribution in [0.4, 0.5) is 0 Å². The van der Waals surface area contributed by atoms with Gasteiger partial charge in [-0.2, -0.15) is 0 Å². The molecule has 1 unspecified atom stereocenters. The van der Waals surface area contributed by atoms with Crippen LogP contribution in [0.5, 0.6) is 5.75 Å². The number of hydrogen-bond donors (Lipinski definition) is 1. The van der Waals surface area contributed by atoms with Gasteiger partial charge in [0.15, 0.2) is 11.3 Å². The molecule has 1 aromatic heterocycles. The van der Waals surface area contributed by atoms with Crippen molar-refractivity contribution in [2.45, 2.75) is 12.8 Å². The van der Waals surface area contributed by atoms with E-state index in [0.717, 1.165) is 0 Å². The van der Waals surface area contributed by atoms with E-state index in [9.17, 15) is 4.79 Å². The third kappa shape index (κ3) is 1.50. The van der Waals surface area contributed by atoms with Gasteiger partial charge in [0.25, 0.3) is 0 Å². The number of benzene rings is 1. The van der Waals surface area contributed by atoms with E-state index in [0.29, 0.717) is 22.4 Å². The van der Waals surface area contributed by atoms with E-state index < -0.39 is 11.9 Å².